The van der Waals surface area contributed by atoms with E-state index in [4.69, 9.17) is 33.9 Å². The molecule has 3 nitrogen and oxygen atoms in total. The van der Waals surface area contributed by atoms with Gasteiger partial charge in [-0.15, -0.1) is 0 Å². The minimum absolute atomic E-state index is 0.413. The summed E-state index contributed by atoms with van der Waals surface area (Å²) in [7, 11) is 0. The molecule has 1 aromatic heterocycles. The molecule has 1 aliphatic carbocycles. The third kappa shape index (κ3) is 2.08. The van der Waals surface area contributed by atoms with Gasteiger partial charge < -0.3 is 10.3 Å². The maximum atomic E-state index is 6.17. The summed E-state index contributed by atoms with van der Waals surface area (Å²) in [4.78, 5) is 4.76. The first-order chi connectivity index (χ1) is 10.1. The van der Waals surface area contributed by atoms with Gasteiger partial charge in [0, 0.05) is 11.6 Å². The van der Waals surface area contributed by atoms with Crippen molar-refractivity contribution in [1.82, 2.24) is 9.55 Å². The highest BCUT2D eigenvalue weighted by Gasteiger charge is 2.28. The van der Waals surface area contributed by atoms with Gasteiger partial charge in [0.25, 0.3) is 0 Å². The standard InChI is InChI=1S/C16H13Cl2N3/c17-11-7-9(8-12(18)15(11)19)16-20-13-3-1-2-4-14(13)21(16)10-5-6-10/h1-4,7-8,10H,5-6,19H2. The third-order valence-electron chi connectivity index (χ3n) is 3.85. The molecule has 0 saturated heterocycles. The molecule has 0 radical (unpaired) electrons. The lowest BCUT2D eigenvalue weighted by Gasteiger charge is -2.10. The second kappa shape index (κ2) is 4.65. The molecule has 0 amide bonds. The lowest BCUT2D eigenvalue weighted by molar-refractivity contribution is 0.775. The van der Waals surface area contributed by atoms with Crippen LogP contribution in [-0.2, 0) is 0 Å². The number of nitrogen functional groups attached to an aromatic ring is 1. The Bertz CT molecular complexity index is 827. The molecule has 0 spiro atoms. The summed E-state index contributed by atoms with van der Waals surface area (Å²) in [5, 5.41) is 0.929. The van der Waals surface area contributed by atoms with Crippen LogP contribution in [0.25, 0.3) is 22.4 Å². The predicted molar refractivity (Wildman–Crippen MR) is 87.9 cm³/mol. The molecule has 3 aromatic rings. The number of nitrogens with zero attached hydrogens (tertiary/aromatic N) is 2. The van der Waals surface area contributed by atoms with Crippen LogP contribution in [0.15, 0.2) is 36.4 Å². The number of aromatic nitrogens is 2. The molecule has 1 aliphatic rings. The van der Waals surface area contributed by atoms with Crippen LogP contribution in [0.5, 0.6) is 0 Å². The first kappa shape index (κ1) is 13.0. The van der Waals surface area contributed by atoms with Crippen molar-refractivity contribution in [3.05, 3.63) is 46.4 Å². The number of nitrogens with two attached hydrogens (primary N) is 1. The minimum Gasteiger partial charge on any atom is -0.396 e. The summed E-state index contributed by atoms with van der Waals surface area (Å²) in [6.45, 7) is 0. The number of benzene rings is 2. The summed E-state index contributed by atoms with van der Waals surface area (Å²) in [6, 6.07) is 12.4. The summed E-state index contributed by atoms with van der Waals surface area (Å²) in [5.74, 6) is 0.905. The van der Waals surface area contributed by atoms with Gasteiger partial charge in [-0.1, -0.05) is 35.3 Å². The van der Waals surface area contributed by atoms with Gasteiger partial charge in [-0.2, -0.15) is 0 Å². The minimum atomic E-state index is 0.413. The molecule has 4 rings (SSSR count). The Labute approximate surface area is 132 Å². The molecule has 0 aliphatic heterocycles. The predicted octanol–water partition coefficient (Wildman–Crippen LogP) is 4.93. The van der Waals surface area contributed by atoms with Crippen LogP contribution in [0.2, 0.25) is 10.0 Å². The van der Waals surface area contributed by atoms with E-state index in [0.717, 1.165) is 22.4 Å². The topological polar surface area (TPSA) is 43.8 Å². The van der Waals surface area contributed by atoms with E-state index in [9.17, 15) is 0 Å². The van der Waals surface area contributed by atoms with Crippen molar-refractivity contribution in [2.75, 3.05) is 5.73 Å². The van der Waals surface area contributed by atoms with Crippen LogP contribution in [0, 0.1) is 0 Å². The second-order valence-electron chi connectivity index (χ2n) is 5.38. The molecule has 21 heavy (non-hydrogen) atoms. The Kier molecular flexibility index (Phi) is 2.88. The molecular formula is C16H13Cl2N3. The van der Waals surface area contributed by atoms with Gasteiger partial charge in [0.2, 0.25) is 0 Å². The molecule has 1 heterocycles. The largest absolute Gasteiger partial charge is 0.396 e. The van der Waals surface area contributed by atoms with Crippen LogP contribution in [-0.4, -0.2) is 9.55 Å². The fourth-order valence-corrected chi connectivity index (χ4v) is 3.15. The van der Waals surface area contributed by atoms with E-state index in [1.54, 1.807) is 0 Å². The van der Waals surface area contributed by atoms with Gasteiger partial charge >= 0.3 is 0 Å². The van der Waals surface area contributed by atoms with E-state index in [0.29, 0.717) is 21.8 Å². The van der Waals surface area contributed by atoms with E-state index in [2.05, 4.69) is 10.6 Å². The molecule has 1 fully saturated rings. The van der Waals surface area contributed by atoms with Crippen molar-refractivity contribution in [1.29, 1.82) is 0 Å². The van der Waals surface area contributed by atoms with Gasteiger partial charge in [0.05, 0.1) is 26.8 Å². The van der Waals surface area contributed by atoms with E-state index in [1.807, 2.05) is 30.3 Å². The number of halogens is 2. The van der Waals surface area contributed by atoms with Gasteiger partial charge in [-0.3, -0.25) is 0 Å². The fourth-order valence-electron chi connectivity index (χ4n) is 2.66. The average Bonchev–Trinajstić information content (AvgIpc) is 3.24. The van der Waals surface area contributed by atoms with Crippen molar-refractivity contribution in [2.45, 2.75) is 18.9 Å². The van der Waals surface area contributed by atoms with E-state index in [-0.39, 0.29) is 0 Å². The molecule has 2 N–H and O–H groups in total. The number of anilines is 1. The SMILES string of the molecule is Nc1c(Cl)cc(-c2nc3ccccc3n2C2CC2)cc1Cl. The Morgan fingerprint density at radius 2 is 1.76 bits per heavy atom. The monoisotopic (exact) mass is 317 g/mol. The summed E-state index contributed by atoms with van der Waals surface area (Å²) in [6.07, 6.45) is 2.37. The highest BCUT2D eigenvalue weighted by molar-refractivity contribution is 6.39. The van der Waals surface area contributed by atoms with Crippen LogP contribution in [0.1, 0.15) is 18.9 Å². The van der Waals surface area contributed by atoms with E-state index >= 15 is 0 Å². The lowest BCUT2D eigenvalue weighted by atomic mass is 10.2. The van der Waals surface area contributed by atoms with Crippen LogP contribution < -0.4 is 5.73 Å². The van der Waals surface area contributed by atoms with E-state index < -0.39 is 0 Å². The number of imidazole rings is 1. The molecule has 106 valence electrons. The molecular weight excluding hydrogens is 305 g/mol. The zero-order chi connectivity index (χ0) is 14.6. The Hall–Kier alpha value is -1.71. The van der Waals surface area contributed by atoms with Crippen LogP contribution in [0.4, 0.5) is 5.69 Å². The molecule has 2 aromatic carbocycles. The Morgan fingerprint density at radius 3 is 2.43 bits per heavy atom. The maximum absolute atomic E-state index is 6.17. The molecule has 5 heteroatoms. The third-order valence-corrected chi connectivity index (χ3v) is 4.47. The fraction of sp³-hybridized carbons (Fsp3) is 0.188. The first-order valence-electron chi connectivity index (χ1n) is 6.87. The zero-order valence-corrected chi connectivity index (χ0v) is 12.7. The summed E-state index contributed by atoms with van der Waals surface area (Å²) in [5.41, 5.74) is 9.28. The number of rotatable bonds is 2. The zero-order valence-electron chi connectivity index (χ0n) is 11.2. The first-order valence-corrected chi connectivity index (χ1v) is 7.62. The normalized spacial score (nSPS) is 14.8. The Morgan fingerprint density at radius 1 is 1.10 bits per heavy atom. The van der Waals surface area contributed by atoms with Gasteiger partial charge in [-0.05, 0) is 37.1 Å². The summed E-state index contributed by atoms with van der Waals surface area (Å²) < 4.78 is 2.29. The van der Waals surface area contributed by atoms with Crippen molar-refractivity contribution in [3.8, 4) is 11.4 Å². The van der Waals surface area contributed by atoms with Gasteiger partial charge in [0.15, 0.2) is 0 Å². The smallest absolute Gasteiger partial charge is 0.141 e. The van der Waals surface area contributed by atoms with E-state index in [1.165, 1.54) is 12.8 Å². The highest BCUT2D eigenvalue weighted by Crippen LogP contribution is 2.42. The molecule has 1 saturated carbocycles. The highest BCUT2D eigenvalue weighted by atomic mass is 35.5. The molecule has 0 unspecified atom stereocenters. The van der Waals surface area contributed by atoms with Crippen molar-refractivity contribution in [3.63, 3.8) is 0 Å². The quantitative estimate of drug-likeness (QED) is 0.681. The second-order valence-corrected chi connectivity index (χ2v) is 6.19. The number of para-hydroxylation sites is 2. The van der Waals surface area contributed by atoms with Gasteiger partial charge in [0.1, 0.15) is 5.82 Å². The maximum Gasteiger partial charge on any atom is 0.141 e. The number of fused-ring (bicyclic) bond motifs is 1. The van der Waals surface area contributed by atoms with Crippen LogP contribution in [0.3, 0.4) is 0 Å². The van der Waals surface area contributed by atoms with Crippen molar-refractivity contribution in [2.24, 2.45) is 0 Å². The Balaban J connectivity index is 2.00. The van der Waals surface area contributed by atoms with Crippen LogP contribution >= 0.6 is 23.2 Å². The molecule has 0 atom stereocenters. The molecule has 0 bridgehead atoms. The lowest BCUT2D eigenvalue weighted by Crippen LogP contribution is -1.98. The average molecular weight is 318 g/mol. The van der Waals surface area contributed by atoms with Gasteiger partial charge in [-0.25, -0.2) is 4.98 Å². The summed E-state index contributed by atoms with van der Waals surface area (Å²) >= 11 is 12.3. The number of hydrogen-bond acceptors (Lipinski definition) is 2. The number of hydrogen-bond donors (Lipinski definition) is 1. The van der Waals surface area contributed by atoms with Crippen molar-refractivity contribution < 1.29 is 0 Å². The van der Waals surface area contributed by atoms with Crippen molar-refractivity contribution >= 4 is 39.9 Å².